The quantitative estimate of drug-likeness (QED) is 0.0558. The van der Waals surface area contributed by atoms with E-state index in [1.165, 1.54) is 11.3 Å². The lowest BCUT2D eigenvalue weighted by Gasteiger charge is -2.46. The molecule has 2 rings (SSSR count). The Hall–Kier alpha value is -2.35. The number of piperidine rings is 1. The number of hydrogen-bond donors (Lipinski definition) is 1. The number of likely N-dealkylation sites (tertiary alicyclic amines) is 1. The zero-order chi connectivity index (χ0) is 42.6. The summed E-state index contributed by atoms with van der Waals surface area (Å²) < 4.78 is 18.2. The number of carbonyl (C=O) groups excluding carboxylic acids is 4. The van der Waals surface area contributed by atoms with Gasteiger partial charge in [0.25, 0.3) is 0 Å². The number of hydrogen-bond acceptors (Lipinski definition) is 10. The van der Waals surface area contributed by atoms with Gasteiger partial charge in [0.15, 0.2) is 14.0 Å². The average molecular weight is 823 g/mol. The number of rotatable bonds is 21. The van der Waals surface area contributed by atoms with Crippen LogP contribution in [0.4, 0.5) is 4.79 Å². The van der Waals surface area contributed by atoms with Crippen molar-refractivity contribution >= 4 is 43.9 Å². The fraction of sp³-hybridized carbons (Fsp3) is 0.837. The van der Waals surface area contributed by atoms with Gasteiger partial charge in [0.2, 0.25) is 5.91 Å². The SMILES string of the molecule is CCCCCCN(C[C@@](C=O)(NC(=O)[C@H]1C[C@H](C)CCN1C(=O)OC(C)(C)C)[C@@H](C)CC)[C@H](C[C@@H](O[Si](C)(C)C(C)(C)C)c1nc(C(=O)OCC)cs1)C(C)C. The lowest BCUT2D eigenvalue weighted by molar-refractivity contribution is -0.135. The van der Waals surface area contributed by atoms with E-state index in [9.17, 15) is 19.2 Å². The molecule has 1 fully saturated rings. The summed E-state index contributed by atoms with van der Waals surface area (Å²) in [6, 6.07) is -0.814. The summed E-state index contributed by atoms with van der Waals surface area (Å²) in [5.41, 5.74) is -1.65. The van der Waals surface area contributed by atoms with Gasteiger partial charge in [-0.05, 0) is 95.8 Å². The molecule has 0 saturated carbocycles. The van der Waals surface area contributed by atoms with Gasteiger partial charge in [0.1, 0.15) is 28.5 Å². The molecule has 56 heavy (non-hydrogen) atoms. The maximum absolute atomic E-state index is 14.5. The maximum atomic E-state index is 14.5. The standard InChI is InChI=1S/C43H78N4O7SSi/c1-16-19-20-21-23-46(34(30(4)5)26-36(54-56(14,15)42(11,12)13)38-44-33(27-55-38)39(50)52-18-3)28-43(29-48,32(7)17-2)45-37(49)35-25-31(6)22-24-47(35)40(51)53-41(8,9)10/h27,29-32,34-36H,16-26,28H2,1-15H3,(H,45,49)/t31-,32+,34-,35-,36-,43+/m1/s1. The van der Waals surface area contributed by atoms with Crippen molar-refractivity contribution in [3.63, 3.8) is 0 Å². The van der Waals surface area contributed by atoms with E-state index in [0.717, 1.165) is 49.9 Å². The van der Waals surface area contributed by atoms with Crippen molar-refractivity contribution < 1.29 is 33.1 Å². The van der Waals surface area contributed by atoms with Crippen LogP contribution in [0.5, 0.6) is 0 Å². The number of thiazole rings is 1. The molecule has 2 heterocycles. The molecule has 1 N–H and O–H groups in total. The van der Waals surface area contributed by atoms with Crippen molar-refractivity contribution in [1.82, 2.24) is 20.1 Å². The van der Waals surface area contributed by atoms with Crippen LogP contribution in [0.1, 0.15) is 163 Å². The first-order valence-corrected chi connectivity index (χ1v) is 25.1. The maximum Gasteiger partial charge on any atom is 0.410 e. The topological polar surface area (TPSA) is 127 Å². The lowest BCUT2D eigenvalue weighted by Crippen LogP contribution is -2.66. The molecule has 0 radical (unpaired) electrons. The first-order valence-electron chi connectivity index (χ1n) is 21.3. The number of aromatic nitrogens is 1. The van der Waals surface area contributed by atoms with Crippen molar-refractivity contribution in [1.29, 1.82) is 0 Å². The van der Waals surface area contributed by atoms with E-state index >= 15 is 0 Å². The molecule has 0 spiro atoms. The Labute approximate surface area is 344 Å². The third-order valence-electron chi connectivity index (χ3n) is 11.8. The summed E-state index contributed by atoms with van der Waals surface area (Å²) >= 11 is 1.42. The van der Waals surface area contributed by atoms with E-state index in [2.05, 4.69) is 71.8 Å². The van der Waals surface area contributed by atoms with E-state index in [1.54, 1.807) is 17.2 Å². The Morgan fingerprint density at radius 1 is 1.07 bits per heavy atom. The van der Waals surface area contributed by atoms with Crippen molar-refractivity contribution in [3.05, 3.63) is 16.1 Å². The normalized spacial score (nSPS) is 19.6. The molecule has 6 atom stereocenters. The van der Waals surface area contributed by atoms with Crippen LogP contribution in [0.3, 0.4) is 0 Å². The van der Waals surface area contributed by atoms with Crippen LogP contribution in [-0.4, -0.2) is 96.8 Å². The van der Waals surface area contributed by atoms with Gasteiger partial charge < -0.3 is 24.0 Å². The van der Waals surface area contributed by atoms with E-state index < -0.39 is 43.7 Å². The van der Waals surface area contributed by atoms with Crippen LogP contribution in [0.25, 0.3) is 0 Å². The van der Waals surface area contributed by atoms with E-state index in [1.807, 2.05) is 34.6 Å². The summed E-state index contributed by atoms with van der Waals surface area (Å²) in [5, 5.41) is 5.70. The summed E-state index contributed by atoms with van der Waals surface area (Å²) in [5.74, 6) is -0.592. The highest BCUT2D eigenvalue weighted by atomic mass is 32.1. The fourth-order valence-electron chi connectivity index (χ4n) is 7.08. The van der Waals surface area contributed by atoms with Gasteiger partial charge in [-0.1, -0.05) is 88.0 Å². The summed E-state index contributed by atoms with van der Waals surface area (Å²) in [6.45, 7) is 32.8. The van der Waals surface area contributed by atoms with Crippen LogP contribution in [-0.2, 0) is 23.5 Å². The highest BCUT2D eigenvalue weighted by Gasteiger charge is 2.46. The Balaban J connectivity index is 2.66. The third kappa shape index (κ3) is 14.2. The molecule has 0 unspecified atom stereocenters. The first-order chi connectivity index (χ1) is 25.9. The van der Waals surface area contributed by atoms with Crippen molar-refractivity contribution in [2.24, 2.45) is 17.8 Å². The lowest BCUT2D eigenvalue weighted by atomic mass is 9.81. The van der Waals surface area contributed by atoms with Gasteiger partial charge in [-0.3, -0.25) is 14.6 Å². The van der Waals surface area contributed by atoms with E-state index in [0.29, 0.717) is 32.4 Å². The number of esters is 1. The second-order valence-corrected chi connectivity index (χ2v) is 24.7. The zero-order valence-corrected chi connectivity index (χ0v) is 39.5. The number of nitrogens with zero attached hydrogens (tertiary/aromatic N) is 3. The molecule has 322 valence electrons. The number of nitrogens with one attached hydrogen (secondary N) is 1. The minimum atomic E-state index is -2.34. The monoisotopic (exact) mass is 823 g/mol. The smallest absolute Gasteiger partial charge is 0.410 e. The Kier molecular flexibility index (Phi) is 19.2. The molecule has 13 heteroatoms. The summed E-state index contributed by atoms with van der Waals surface area (Å²) in [6.07, 6.45) is 6.73. The third-order valence-corrected chi connectivity index (χ3v) is 17.3. The predicted octanol–water partition coefficient (Wildman–Crippen LogP) is 9.82. The minimum absolute atomic E-state index is 0.0606. The van der Waals surface area contributed by atoms with Crippen molar-refractivity contribution in [2.75, 3.05) is 26.2 Å². The largest absolute Gasteiger partial charge is 0.461 e. The molecule has 1 aromatic rings. The molecule has 1 aliphatic rings. The molecular weight excluding hydrogens is 745 g/mol. The molecule has 0 aliphatic carbocycles. The molecule has 1 aromatic heterocycles. The number of unbranched alkanes of at least 4 members (excludes halogenated alkanes) is 3. The molecule has 1 aliphatic heterocycles. The summed E-state index contributed by atoms with van der Waals surface area (Å²) in [4.78, 5) is 63.1. The second kappa shape index (κ2) is 21.6. The minimum Gasteiger partial charge on any atom is -0.461 e. The zero-order valence-electron chi connectivity index (χ0n) is 37.7. The summed E-state index contributed by atoms with van der Waals surface area (Å²) in [7, 11) is -2.34. The van der Waals surface area contributed by atoms with E-state index in [4.69, 9.17) is 18.9 Å². The fourth-order valence-corrected chi connectivity index (χ4v) is 9.26. The molecule has 0 aromatic carbocycles. The van der Waals surface area contributed by atoms with Gasteiger partial charge in [-0.25, -0.2) is 14.6 Å². The van der Waals surface area contributed by atoms with Crippen LogP contribution < -0.4 is 5.32 Å². The molecule has 0 bridgehead atoms. The Morgan fingerprint density at radius 2 is 1.73 bits per heavy atom. The van der Waals surface area contributed by atoms with Crippen LogP contribution in [0.2, 0.25) is 18.1 Å². The molecule has 11 nitrogen and oxygen atoms in total. The van der Waals surface area contributed by atoms with Crippen molar-refractivity contribution in [3.8, 4) is 0 Å². The first kappa shape index (κ1) is 49.8. The van der Waals surface area contributed by atoms with Gasteiger partial charge in [-0.2, -0.15) is 0 Å². The average Bonchev–Trinajstić information content (AvgIpc) is 3.60. The van der Waals surface area contributed by atoms with Crippen LogP contribution in [0, 0.1) is 17.8 Å². The highest BCUT2D eigenvalue weighted by molar-refractivity contribution is 7.09. The number of ether oxygens (including phenoxy) is 2. The highest BCUT2D eigenvalue weighted by Crippen LogP contribution is 2.42. The van der Waals surface area contributed by atoms with Gasteiger partial charge in [0, 0.05) is 24.5 Å². The number of carbonyl (C=O) groups is 4. The Morgan fingerprint density at radius 3 is 2.27 bits per heavy atom. The molecular formula is C43H78N4O7SSi. The van der Waals surface area contributed by atoms with Crippen molar-refractivity contribution in [2.45, 2.75) is 189 Å². The Bertz CT molecular complexity index is 1410. The second-order valence-electron chi connectivity index (χ2n) is 19.0. The molecule has 1 saturated heterocycles. The number of amides is 2. The van der Waals surface area contributed by atoms with Crippen LogP contribution in [0.15, 0.2) is 5.38 Å². The van der Waals surface area contributed by atoms with Gasteiger partial charge in [0.05, 0.1) is 12.7 Å². The van der Waals surface area contributed by atoms with Gasteiger partial charge in [-0.15, -0.1) is 11.3 Å². The molecule has 2 amide bonds. The van der Waals surface area contributed by atoms with E-state index in [-0.39, 0.29) is 47.0 Å². The van der Waals surface area contributed by atoms with Gasteiger partial charge >= 0.3 is 12.1 Å². The number of aldehydes is 1. The van der Waals surface area contributed by atoms with Crippen LogP contribution >= 0.6 is 11.3 Å². The predicted molar refractivity (Wildman–Crippen MR) is 230 cm³/mol.